The summed E-state index contributed by atoms with van der Waals surface area (Å²) in [5.41, 5.74) is 0.965. The van der Waals surface area contributed by atoms with Gasteiger partial charge in [-0.1, -0.05) is 76.3 Å². The number of likely N-dealkylation sites (N-methyl/N-ethyl adjacent to an activating group) is 1. The highest BCUT2D eigenvalue weighted by atomic mass is 16.6. The van der Waals surface area contributed by atoms with Crippen molar-refractivity contribution in [3.63, 3.8) is 0 Å². The summed E-state index contributed by atoms with van der Waals surface area (Å²) in [5.74, 6) is -0.259. The fraction of sp³-hybridized carbons (Fsp3) is 0.680. The lowest BCUT2D eigenvalue weighted by Crippen LogP contribution is -2.35. The standard InChI is InChI=1S/C25H42N2O4/c1-4-6-7-8-9-13-16-23(31-25(29)26-19-20-27(3)5-2)17-18-24(28)30-21-22-14-11-10-12-15-22/h10-12,14-15,23H,4-9,13,16-21H2,1-3H3,(H,26,29). The Balaban J connectivity index is 2.38. The van der Waals surface area contributed by atoms with E-state index in [1.54, 1.807) is 0 Å². The summed E-state index contributed by atoms with van der Waals surface area (Å²) in [6, 6.07) is 9.63. The number of ether oxygens (including phenoxy) is 2. The van der Waals surface area contributed by atoms with Gasteiger partial charge < -0.3 is 19.7 Å². The van der Waals surface area contributed by atoms with Gasteiger partial charge in [0.25, 0.3) is 0 Å². The fourth-order valence-electron chi connectivity index (χ4n) is 3.20. The molecule has 1 N–H and O–H groups in total. The van der Waals surface area contributed by atoms with Crippen LogP contribution in [0.25, 0.3) is 0 Å². The Kier molecular flexibility index (Phi) is 15.3. The Morgan fingerprint density at radius 2 is 1.71 bits per heavy atom. The number of nitrogens with zero attached hydrogens (tertiary/aromatic N) is 1. The normalized spacial score (nSPS) is 11.9. The van der Waals surface area contributed by atoms with E-state index < -0.39 is 6.09 Å². The van der Waals surface area contributed by atoms with Gasteiger partial charge in [0.05, 0.1) is 0 Å². The van der Waals surface area contributed by atoms with Gasteiger partial charge in [0.1, 0.15) is 12.7 Å². The van der Waals surface area contributed by atoms with Crippen LogP contribution in [0.1, 0.15) is 77.2 Å². The highest BCUT2D eigenvalue weighted by molar-refractivity contribution is 5.70. The second kappa shape index (κ2) is 17.6. The molecular weight excluding hydrogens is 392 g/mol. The average molecular weight is 435 g/mol. The number of carbonyl (C=O) groups is 2. The molecule has 0 heterocycles. The van der Waals surface area contributed by atoms with Gasteiger partial charge in [-0.25, -0.2) is 4.79 Å². The van der Waals surface area contributed by atoms with Crippen LogP contribution in [0, 0.1) is 0 Å². The molecule has 1 atom stereocenters. The smallest absolute Gasteiger partial charge is 0.407 e. The average Bonchev–Trinajstić information content (AvgIpc) is 2.78. The Bertz CT molecular complexity index is 594. The summed E-state index contributed by atoms with van der Waals surface area (Å²) in [5, 5.41) is 2.81. The van der Waals surface area contributed by atoms with Gasteiger partial charge >= 0.3 is 12.1 Å². The van der Waals surface area contributed by atoms with E-state index in [2.05, 4.69) is 24.1 Å². The second-order valence-electron chi connectivity index (χ2n) is 8.09. The first-order chi connectivity index (χ1) is 15.0. The van der Waals surface area contributed by atoms with Gasteiger partial charge in [0.15, 0.2) is 0 Å². The monoisotopic (exact) mass is 434 g/mol. The summed E-state index contributed by atoms with van der Waals surface area (Å²) in [4.78, 5) is 26.5. The molecule has 0 spiro atoms. The Hall–Kier alpha value is -2.08. The Morgan fingerprint density at radius 3 is 2.42 bits per heavy atom. The summed E-state index contributed by atoms with van der Waals surface area (Å²) in [6.45, 7) is 6.81. The van der Waals surface area contributed by atoms with Crippen molar-refractivity contribution in [2.24, 2.45) is 0 Å². The number of benzene rings is 1. The first-order valence-corrected chi connectivity index (χ1v) is 11.9. The molecule has 0 saturated carbocycles. The van der Waals surface area contributed by atoms with Gasteiger partial charge in [-0.3, -0.25) is 4.79 Å². The van der Waals surface area contributed by atoms with Crippen molar-refractivity contribution in [1.29, 1.82) is 0 Å². The summed E-state index contributed by atoms with van der Waals surface area (Å²) in [7, 11) is 2.01. The van der Waals surface area contributed by atoms with Gasteiger partial charge in [-0.2, -0.15) is 0 Å². The van der Waals surface area contributed by atoms with Crippen LogP contribution >= 0.6 is 0 Å². The van der Waals surface area contributed by atoms with Crippen LogP contribution in [0.4, 0.5) is 4.79 Å². The molecule has 0 aliphatic heterocycles. The third kappa shape index (κ3) is 14.5. The third-order valence-corrected chi connectivity index (χ3v) is 5.37. The van der Waals surface area contributed by atoms with Crippen LogP contribution < -0.4 is 5.32 Å². The zero-order valence-electron chi connectivity index (χ0n) is 19.7. The lowest BCUT2D eigenvalue weighted by atomic mass is 10.0. The highest BCUT2D eigenvalue weighted by Crippen LogP contribution is 2.15. The number of alkyl carbamates (subject to hydrolysis) is 1. The first kappa shape index (κ1) is 27.0. The van der Waals surface area contributed by atoms with E-state index in [1.807, 2.05) is 37.4 Å². The summed E-state index contributed by atoms with van der Waals surface area (Å²) < 4.78 is 11.0. The van der Waals surface area contributed by atoms with E-state index >= 15 is 0 Å². The van der Waals surface area contributed by atoms with Crippen LogP contribution in [0.3, 0.4) is 0 Å². The predicted octanol–water partition coefficient (Wildman–Crippen LogP) is 5.31. The molecule has 0 saturated heterocycles. The fourth-order valence-corrected chi connectivity index (χ4v) is 3.20. The number of hydrogen-bond acceptors (Lipinski definition) is 5. The van der Waals surface area contributed by atoms with E-state index in [0.717, 1.165) is 37.9 Å². The van der Waals surface area contributed by atoms with Crippen molar-refractivity contribution in [1.82, 2.24) is 10.2 Å². The molecule has 0 aliphatic rings. The summed E-state index contributed by atoms with van der Waals surface area (Å²) in [6.07, 6.45) is 7.92. The number of esters is 1. The van der Waals surface area contributed by atoms with Gasteiger partial charge in [0.2, 0.25) is 0 Å². The lowest BCUT2D eigenvalue weighted by molar-refractivity contribution is -0.145. The first-order valence-electron chi connectivity index (χ1n) is 11.9. The summed E-state index contributed by atoms with van der Waals surface area (Å²) >= 11 is 0. The Labute approximate surface area is 188 Å². The molecule has 0 aliphatic carbocycles. The number of hydrogen-bond donors (Lipinski definition) is 1. The van der Waals surface area contributed by atoms with E-state index in [0.29, 0.717) is 13.0 Å². The van der Waals surface area contributed by atoms with Gasteiger partial charge in [-0.05, 0) is 38.4 Å². The zero-order valence-corrected chi connectivity index (χ0v) is 19.7. The van der Waals surface area contributed by atoms with Crippen molar-refractivity contribution >= 4 is 12.1 Å². The third-order valence-electron chi connectivity index (χ3n) is 5.37. The molecule has 0 radical (unpaired) electrons. The minimum atomic E-state index is -0.405. The van der Waals surface area contributed by atoms with E-state index in [9.17, 15) is 9.59 Å². The highest BCUT2D eigenvalue weighted by Gasteiger charge is 2.17. The van der Waals surface area contributed by atoms with Crippen LogP contribution in [0.15, 0.2) is 30.3 Å². The maximum absolute atomic E-state index is 12.2. The SMILES string of the molecule is CCCCCCCCC(CCC(=O)OCc1ccccc1)OC(=O)NCCN(C)CC. The van der Waals surface area contributed by atoms with E-state index in [4.69, 9.17) is 9.47 Å². The van der Waals surface area contributed by atoms with Gasteiger partial charge in [-0.15, -0.1) is 0 Å². The molecule has 0 bridgehead atoms. The van der Waals surface area contributed by atoms with Crippen molar-refractivity contribution in [3.8, 4) is 0 Å². The molecule has 1 aromatic rings. The van der Waals surface area contributed by atoms with Crippen molar-refractivity contribution in [2.75, 3.05) is 26.7 Å². The van der Waals surface area contributed by atoms with Crippen molar-refractivity contribution < 1.29 is 19.1 Å². The lowest BCUT2D eigenvalue weighted by Gasteiger charge is -2.19. The number of nitrogens with one attached hydrogen (secondary N) is 1. The Morgan fingerprint density at radius 1 is 1.00 bits per heavy atom. The van der Waals surface area contributed by atoms with E-state index in [1.165, 1.54) is 25.7 Å². The molecule has 0 fully saturated rings. The van der Waals surface area contributed by atoms with Crippen LogP contribution in [0.2, 0.25) is 0 Å². The number of rotatable bonds is 17. The second-order valence-corrected chi connectivity index (χ2v) is 8.09. The molecule has 1 amide bonds. The topological polar surface area (TPSA) is 67.9 Å². The predicted molar refractivity (Wildman–Crippen MR) is 125 cm³/mol. The van der Waals surface area contributed by atoms with Crippen molar-refractivity contribution in [3.05, 3.63) is 35.9 Å². The van der Waals surface area contributed by atoms with Crippen molar-refractivity contribution in [2.45, 2.75) is 84.3 Å². The molecule has 1 unspecified atom stereocenters. The molecule has 1 aromatic carbocycles. The van der Waals surface area contributed by atoms with Crippen LogP contribution in [-0.4, -0.2) is 49.7 Å². The largest absolute Gasteiger partial charge is 0.461 e. The number of unbranched alkanes of at least 4 members (excludes halogenated alkanes) is 5. The molecule has 6 heteroatoms. The maximum Gasteiger partial charge on any atom is 0.407 e. The quantitative estimate of drug-likeness (QED) is 0.266. The van der Waals surface area contributed by atoms with Crippen LogP contribution in [0.5, 0.6) is 0 Å². The molecule has 0 aromatic heterocycles. The number of amides is 1. The maximum atomic E-state index is 12.2. The van der Waals surface area contributed by atoms with Gasteiger partial charge in [0, 0.05) is 19.5 Å². The molecule has 176 valence electrons. The zero-order chi connectivity index (χ0) is 22.7. The molecular formula is C25H42N2O4. The van der Waals surface area contributed by atoms with Crippen LogP contribution in [-0.2, 0) is 20.9 Å². The molecule has 6 nitrogen and oxygen atoms in total. The molecule has 31 heavy (non-hydrogen) atoms. The molecule has 1 rings (SSSR count). The minimum absolute atomic E-state index is 0.249. The number of carbonyl (C=O) groups excluding carboxylic acids is 2. The van der Waals surface area contributed by atoms with E-state index in [-0.39, 0.29) is 25.1 Å². The minimum Gasteiger partial charge on any atom is -0.461 e.